The summed E-state index contributed by atoms with van der Waals surface area (Å²) in [7, 11) is 4.85. The molecule has 0 aliphatic heterocycles. The van der Waals surface area contributed by atoms with Crippen LogP contribution >= 0.6 is 0 Å². The number of nitrogens with zero attached hydrogens (tertiary/aromatic N) is 10. The number of hydrogen-bond acceptors (Lipinski definition) is 8. The summed E-state index contributed by atoms with van der Waals surface area (Å²) in [6, 6.07) is 13.7. The number of ether oxygens (including phenoxy) is 1. The number of aromatic nitrogens is 8. The number of aryl methyl sites for hydroxylation is 6. The first-order valence-corrected chi connectivity index (χ1v) is 17.1. The zero-order chi connectivity index (χ0) is 38.3. The van der Waals surface area contributed by atoms with Crippen LogP contribution in [0.2, 0.25) is 0 Å². The van der Waals surface area contributed by atoms with Crippen LogP contribution in [0.1, 0.15) is 56.6 Å². The molecule has 0 aliphatic rings. The van der Waals surface area contributed by atoms with E-state index in [1.807, 2.05) is 38.1 Å². The quantitative estimate of drug-likeness (QED) is 0.177. The van der Waals surface area contributed by atoms with Gasteiger partial charge in [-0.3, -0.25) is 23.7 Å². The van der Waals surface area contributed by atoms with Gasteiger partial charge in [-0.05, 0) is 64.1 Å². The SMILES string of the molecule is CCn1nc(C)cc1C(=O)/N=c1\n(C)c2ccccc2n1CC(O)C(O)Cn1/c(=N/C(=O)c2cc(C)nn2CC)n(C)c2cc(C(N)=O)cc(OC)c21. The Bertz CT molecular complexity index is 2540. The standard InChI is InChI=1S/C36H43N11O6/c1-8-46-26(14-20(3)40-46)33(51)38-35-42(5)23-12-10-11-13-24(23)44(35)18-28(48)29(49)19-45-31-25(16-22(32(37)50)17-30(31)53-7)43(6)36(45)39-34(52)27-15-21(4)41-47(27)9-2/h10-17,28-29,48-49H,8-9,18-19H2,1-7H3,(H2,37,50)/b38-35+,39-36+. The highest BCUT2D eigenvalue weighted by atomic mass is 16.5. The van der Waals surface area contributed by atoms with Crippen molar-refractivity contribution >= 4 is 39.8 Å². The summed E-state index contributed by atoms with van der Waals surface area (Å²) >= 11 is 0. The third-order valence-corrected chi connectivity index (χ3v) is 9.24. The average Bonchev–Trinajstić information content (AvgIpc) is 3.86. The Morgan fingerprint density at radius 2 is 1.26 bits per heavy atom. The number of fused-ring (bicyclic) bond motifs is 2. The first kappa shape index (κ1) is 36.7. The van der Waals surface area contributed by atoms with E-state index in [0.29, 0.717) is 46.7 Å². The van der Waals surface area contributed by atoms with Crippen molar-refractivity contribution in [2.75, 3.05) is 7.11 Å². The van der Waals surface area contributed by atoms with Crippen molar-refractivity contribution in [2.24, 2.45) is 29.8 Å². The fraction of sp³-hybridized carbons (Fsp3) is 0.361. The number of carbonyl (C=O) groups excluding carboxylic acids is 3. The number of para-hydroxylation sites is 2. The maximum atomic E-state index is 13.7. The molecule has 4 heterocycles. The summed E-state index contributed by atoms with van der Waals surface area (Å²) < 4.78 is 15.4. The Balaban J connectivity index is 1.45. The monoisotopic (exact) mass is 725 g/mol. The number of carbonyl (C=O) groups is 3. The number of imidazole rings is 2. The van der Waals surface area contributed by atoms with Gasteiger partial charge in [0.2, 0.25) is 17.1 Å². The number of aliphatic hydroxyl groups is 2. The molecular formula is C36H43N11O6. The molecule has 0 radical (unpaired) electrons. The van der Waals surface area contributed by atoms with Crippen LogP contribution in [0, 0.1) is 13.8 Å². The van der Waals surface area contributed by atoms with E-state index in [1.54, 1.807) is 73.8 Å². The third-order valence-electron chi connectivity index (χ3n) is 9.24. The van der Waals surface area contributed by atoms with Gasteiger partial charge < -0.3 is 39.0 Å². The van der Waals surface area contributed by atoms with E-state index in [0.717, 1.165) is 5.52 Å². The Kier molecular flexibility index (Phi) is 10.1. The lowest BCUT2D eigenvalue weighted by atomic mass is 10.1. The minimum absolute atomic E-state index is 0.111. The second-order valence-corrected chi connectivity index (χ2v) is 12.8. The van der Waals surface area contributed by atoms with Gasteiger partial charge in [-0.2, -0.15) is 20.2 Å². The Morgan fingerprint density at radius 3 is 1.77 bits per heavy atom. The maximum absolute atomic E-state index is 13.7. The van der Waals surface area contributed by atoms with E-state index in [1.165, 1.54) is 13.2 Å². The maximum Gasteiger partial charge on any atom is 0.298 e. The number of primary amides is 1. The van der Waals surface area contributed by atoms with E-state index in [2.05, 4.69) is 20.2 Å². The lowest BCUT2D eigenvalue weighted by Gasteiger charge is -2.20. The smallest absolute Gasteiger partial charge is 0.298 e. The predicted octanol–water partition coefficient (Wildman–Crippen LogP) is 1.33. The molecule has 0 spiro atoms. The van der Waals surface area contributed by atoms with Crippen molar-refractivity contribution in [2.45, 2.75) is 66.1 Å². The second kappa shape index (κ2) is 14.5. The summed E-state index contributed by atoms with van der Waals surface area (Å²) in [5.41, 5.74) is 10.3. The fourth-order valence-electron chi connectivity index (χ4n) is 6.63. The Hall–Kier alpha value is -6.07. The van der Waals surface area contributed by atoms with Crippen LogP contribution in [-0.4, -0.2) is 85.1 Å². The Morgan fingerprint density at radius 1 is 0.774 bits per heavy atom. The summed E-state index contributed by atoms with van der Waals surface area (Å²) in [6.07, 6.45) is -2.86. The van der Waals surface area contributed by atoms with Gasteiger partial charge in [-0.1, -0.05) is 12.1 Å². The number of hydrogen-bond donors (Lipinski definition) is 3. The molecule has 2 aromatic carbocycles. The molecule has 53 heavy (non-hydrogen) atoms. The molecule has 0 saturated carbocycles. The highest BCUT2D eigenvalue weighted by Crippen LogP contribution is 2.28. The van der Waals surface area contributed by atoms with Gasteiger partial charge in [0.1, 0.15) is 22.7 Å². The van der Waals surface area contributed by atoms with Crippen molar-refractivity contribution < 1.29 is 29.3 Å². The highest BCUT2D eigenvalue weighted by Gasteiger charge is 2.26. The molecule has 0 fully saturated rings. The minimum Gasteiger partial charge on any atom is -0.494 e. The molecular weight excluding hydrogens is 682 g/mol. The molecule has 6 aromatic rings. The van der Waals surface area contributed by atoms with Crippen molar-refractivity contribution in [3.05, 3.63) is 88.1 Å². The van der Waals surface area contributed by atoms with Crippen LogP contribution in [0.4, 0.5) is 0 Å². The van der Waals surface area contributed by atoms with Gasteiger partial charge in [0.15, 0.2) is 0 Å². The van der Waals surface area contributed by atoms with Gasteiger partial charge in [0, 0.05) is 32.7 Å². The van der Waals surface area contributed by atoms with Crippen molar-refractivity contribution in [3.8, 4) is 5.75 Å². The first-order chi connectivity index (χ1) is 25.3. The molecule has 278 valence electrons. The van der Waals surface area contributed by atoms with Crippen LogP contribution in [0.25, 0.3) is 22.1 Å². The lowest BCUT2D eigenvalue weighted by Crippen LogP contribution is -2.40. The van der Waals surface area contributed by atoms with E-state index in [9.17, 15) is 24.6 Å². The number of methoxy groups -OCH3 is 1. The van der Waals surface area contributed by atoms with Gasteiger partial charge in [-0.15, -0.1) is 0 Å². The zero-order valence-electron chi connectivity index (χ0n) is 30.7. The fourth-order valence-corrected chi connectivity index (χ4v) is 6.63. The van der Waals surface area contributed by atoms with Crippen LogP contribution in [0.3, 0.4) is 0 Å². The molecule has 0 bridgehead atoms. The van der Waals surface area contributed by atoms with E-state index < -0.39 is 29.9 Å². The second-order valence-electron chi connectivity index (χ2n) is 12.8. The number of rotatable bonds is 11. The van der Waals surface area contributed by atoms with Gasteiger partial charge >= 0.3 is 0 Å². The van der Waals surface area contributed by atoms with Crippen LogP contribution in [-0.2, 0) is 40.3 Å². The molecule has 0 aliphatic carbocycles. The normalized spacial score (nSPS) is 13.7. The average molecular weight is 726 g/mol. The van der Waals surface area contributed by atoms with Crippen LogP contribution in [0.5, 0.6) is 5.75 Å². The van der Waals surface area contributed by atoms with Crippen molar-refractivity contribution in [1.29, 1.82) is 0 Å². The largest absolute Gasteiger partial charge is 0.494 e. The van der Waals surface area contributed by atoms with E-state index in [4.69, 9.17) is 10.5 Å². The van der Waals surface area contributed by atoms with Gasteiger partial charge in [-0.25, -0.2) is 0 Å². The lowest BCUT2D eigenvalue weighted by molar-refractivity contribution is -0.000192. The van der Waals surface area contributed by atoms with Crippen LogP contribution in [0.15, 0.2) is 58.5 Å². The number of nitrogens with two attached hydrogens (primary N) is 1. The Labute approximate surface area is 303 Å². The summed E-state index contributed by atoms with van der Waals surface area (Å²) in [6.45, 7) is 7.82. The molecule has 3 amide bonds. The topological polar surface area (TPSA) is 207 Å². The molecule has 0 saturated heterocycles. The minimum atomic E-state index is -1.45. The highest BCUT2D eigenvalue weighted by molar-refractivity contribution is 5.99. The molecule has 17 nitrogen and oxygen atoms in total. The van der Waals surface area contributed by atoms with Crippen molar-refractivity contribution in [1.82, 2.24) is 37.8 Å². The molecule has 2 atom stereocenters. The van der Waals surface area contributed by atoms with Gasteiger partial charge in [0.25, 0.3) is 11.8 Å². The van der Waals surface area contributed by atoms with Crippen molar-refractivity contribution in [3.63, 3.8) is 0 Å². The molecule has 17 heteroatoms. The van der Waals surface area contributed by atoms with E-state index in [-0.39, 0.29) is 41.3 Å². The summed E-state index contributed by atoms with van der Waals surface area (Å²) in [5.74, 6) is -1.54. The predicted molar refractivity (Wildman–Crippen MR) is 194 cm³/mol. The number of aliphatic hydroxyl groups excluding tert-OH is 2. The molecule has 4 aromatic heterocycles. The van der Waals surface area contributed by atoms with E-state index >= 15 is 0 Å². The molecule has 6 rings (SSSR count). The third kappa shape index (κ3) is 6.71. The summed E-state index contributed by atoms with van der Waals surface area (Å²) in [5, 5.41) is 32.1. The molecule has 4 N–H and O–H groups in total. The molecule has 2 unspecified atom stereocenters. The van der Waals surface area contributed by atoms with Gasteiger partial charge in [0.05, 0.1) is 60.3 Å². The number of amides is 3. The summed E-state index contributed by atoms with van der Waals surface area (Å²) in [4.78, 5) is 48.4. The first-order valence-electron chi connectivity index (χ1n) is 17.1. The number of benzene rings is 2. The zero-order valence-corrected chi connectivity index (χ0v) is 30.7. The van der Waals surface area contributed by atoms with Crippen LogP contribution < -0.4 is 21.7 Å².